The molecule has 30 heavy (non-hydrogen) atoms. The third-order valence-electron chi connectivity index (χ3n) is 5.58. The Balaban J connectivity index is 1.29. The number of hydrogen-bond acceptors (Lipinski definition) is 5. The molecule has 0 aliphatic carbocycles. The first-order valence-corrected chi connectivity index (χ1v) is 10.5. The number of hydrogen-bond donors (Lipinski definition) is 1. The third kappa shape index (κ3) is 4.94. The molecule has 1 saturated heterocycles. The van der Waals surface area contributed by atoms with Crippen molar-refractivity contribution in [1.82, 2.24) is 15.0 Å². The fraction of sp³-hybridized carbons (Fsp3) is 0.375. The molecule has 1 aliphatic heterocycles. The highest BCUT2D eigenvalue weighted by Gasteiger charge is 2.26. The van der Waals surface area contributed by atoms with Crippen LogP contribution in [0, 0.1) is 26.7 Å². The van der Waals surface area contributed by atoms with Crippen LogP contribution in [0.5, 0.6) is 0 Å². The van der Waals surface area contributed by atoms with Gasteiger partial charge in [0.2, 0.25) is 5.91 Å². The van der Waals surface area contributed by atoms with Crippen molar-refractivity contribution in [2.75, 3.05) is 18.4 Å². The maximum absolute atomic E-state index is 12.7. The molecule has 4 rings (SSSR count). The minimum Gasteiger partial charge on any atom is -0.334 e. The molecule has 1 N–H and O–H groups in total. The maximum atomic E-state index is 12.7. The Labute approximate surface area is 177 Å². The number of benzene rings is 2. The van der Waals surface area contributed by atoms with Gasteiger partial charge in [0.25, 0.3) is 5.89 Å². The summed E-state index contributed by atoms with van der Waals surface area (Å²) in [5.74, 6) is 1.38. The molecule has 0 saturated carbocycles. The Morgan fingerprint density at radius 1 is 1.03 bits per heavy atom. The van der Waals surface area contributed by atoms with Gasteiger partial charge in [0, 0.05) is 17.2 Å². The lowest BCUT2D eigenvalue weighted by Gasteiger charge is -2.30. The van der Waals surface area contributed by atoms with Crippen molar-refractivity contribution in [3.63, 3.8) is 0 Å². The molecule has 6 heteroatoms. The molecule has 0 atom stereocenters. The molecule has 3 aromatic rings. The summed E-state index contributed by atoms with van der Waals surface area (Å²) in [6.45, 7) is 8.47. The number of piperidine rings is 1. The summed E-state index contributed by atoms with van der Waals surface area (Å²) in [6, 6.07) is 14.2. The first-order chi connectivity index (χ1) is 14.5. The van der Waals surface area contributed by atoms with E-state index < -0.39 is 0 Å². The highest BCUT2D eigenvalue weighted by molar-refractivity contribution is 5.92. The van der Waals surface area contributed by atoms with E-state index in [-0.39, 0.29) is 11.8 Å². The monoisotopic (exact) mass is 404 g/mol. The van der Waals surface area contributed by atoms with Gasteiger partial charge in [0.15, 0.2) is 5.82 Å². The van der Waals surface area contributed by atoms with E-state index in [1.165, 1.54) is 5.56 Å². The topological polar surface area (TPSA) is 71.3 Å². The summed E-state index contributed by atoms with van der Waals surface area (Å²) < 4.78 is 5.43. The lowest BCUT2D eigenvalue weighted by molar-refractivity contribution is -0.121. The van der Waals surface area contributed by atoms with E-state index in [4.69, 9.17) is 4.52 Å². The van der Waals surface area contributed by atoms with Crippen molar-refractivity contribution in [3.8, 4) is 11.5 Å². The summed E-state index contributed by atoms with van der Waals surface area (Å²) in [6.07, 6.45) is 1.67. The van der Waals surface area contributed by atoms with Crippen molar-refractivity contribution >= 4 is 11.6 Å². The smallest absolute Gasteiger partial charge is 0.257 e. The van der Waals surface area contributed by atoms with Crippen molar-refractivity contribution < 1.29 is 9.32 Å². The van der Waals surface area contributed by atoms with Crippen LogP contribution >= 0.6 is 0 Å². The molecule has 2 aromatic carbocycles. The van der Waals surface area contributed by atoms with Gasteiger partial charge in [0.05, 0.1) is 6.54 Å². The second-order valence-corrected chi connectivity index (χ2v) is 8.30. The molecule has 1 amide bonds. The third-order valence-corrected chi connectivity index (χ3v) is 5.58. The van der Waals surface area contributed by atoms with Crippen LogP contribution in [0.2, 0.25) is 0 Å². The summed E-state index contributed by atoms with van der Waals surface area (Å²) >= 11 is 0. The van der Waals surface area contributed by atoms with Gasteiger partial charge in [-0.05, 0) is 82.1 Å². The lowest BCUT2D eigenvalue weighted by Crippen LogP contribution is -2.38. The zero-order valence-corrected chi connectivity index (χ0v) is 17.8. The van der Waals surface area contributed by atoms with Crippen molar-refractivity contribution in [2.45, 2.75) is 40.2 Å². The highest BCUT2D eigenvalue weighted by atomic mass is 16.5. The Kier molecular flexibility index (Phi) is 5.95. The summed E-state index contributed by atoms with van der Waals surface area (Å²) in [5, 5.41) is 7.21. The average Bonchev–Trinajstić information content (AvgIpc) is 3.16. The molecule has 156 valence electrons. The van der Waals surface area contributed by atoms with Crippen molar-refractivity contribution in [2.24, 2.45) is 5.92 Å². The molecule has 0 spiro atoms. The second kappa shape index (κ2) is 8.79. The summed E-state index contributed by atoms with van der Waals surface area (Å²) in [5.41, 5.74) is 5.33. The number of likely N-dealkylation sites (tertiary alicyclic amines) is 1. The largest absolute Gasteiger partial charge is 0.334 e. The van der Waals surface area contributed by atoms with E-state index in [9.17, 15) is 4.79 Å². The van der Waals surface area contributed by atoms with Crippen LogP contribution in [0.1, 0.15) is 35.4 Å². The predicted octanol–water partition coefficient (Wildman–Crippen LogP) is 4.51. The Hall–Kier alpha value is -2.99. The zero-order chi connectivity index (χ0) is 21.1. The number of rotatable bonds is 5. The average molecular weight is 405 g/mol. The molecular weight excluding hydrogens is 376 g/mol. The number of aryl methyl sites for hydroxylation is 3. The van der Waals surface area contributed by atoms with Gasteiger partial charge >= 0.3 is 0 Å². The SMILES string of the molecule is Cc1ccc(-c2nc(CN3CCC(C(=O)Nc4cc(C)cc(C)c4)CC3)no2)cc1. The van der Waals surface area contributed by atoms with Crippen molar-refractivity contribution in [3.05, 3.63) is 65.0 Å². The number of carbonyl (C=O) groups is 1. The van der Waals surface area contributed by atoms with Gasteiger partial charge in [-0.1, -0.05) is 28.9 Å². The normalized spacial score (nSPS) is 15.3. The number of amides is 1. The number of aromatic nitrogens is 2. The maximum Gasteiger partial charge on any atom is 0.257 e. The minimum atomic E-state index is 0.0375. The van der Waals surface area contributed by atoms with Crippen LogP contribution in [0.25, 0.3) is 11.5 Å². The minimum absolute atomic E-state index is 0.0375. The summed E-state index contributed by atoms with van der Waals surface area (Å²) in [7, 11) is 0. The molecule has 1 aromatic heterocycles. The van der Waals surface area contributed by atoms with Gasteiger partial charge in [-0.2, -0.15) is 4.98 Å². The van der Waals surface area contributed by atoms with Crippen LogP contribution in [0.4, 0.5) is 5.69 Å². The number of nitrogens with zero attached hydrogens (tertiary/aromatic N) is 3. The second-order valence-electron chi connectivity index (χ2n) is 8.30. The highest BCUT2D eigenvalue weighted by Crippen LogP contribution is 2.23. The van der Waals surface area contributed by atoms with E-state index in [0.717, 1.165) is 48.3 Å². The fourth-order valence-corrected chi connectivity index (χ4v) is 3.98. The number of carbonyl (C=O) groups excluding carboxylic acids is 1. The van der Waals surface area contributed by atoms with Gasteiger partial charge in [0.1, 0.15) is 0 Å². The molecule has 1 fully saturated rings. The van der Waals surface area contributed by atoms with Crippen LogP contribution in [-0.2, 0) is 11.3 Å². The van der Waals surface area contributed by atoms with Gasteiger partial charge < -0.3 is 9.84 Å². The van der Waals surface area contributed by atoms with Crippen LogP contribution in [-0.4, -0.2) is 34.0 Å². The zero-order valence-electron chi connectivity index (χ0n) is 17.8. The molecule has 0 radical (unpaired) electrons. The number of anilines is 1. The van der Waals surface area contributed by atoms with Crippen LogP contribution in [0.15, 0.2) is 47.0 Å². The van der Waals surface area contributed by atoms with Crippen LogP contribution < -0.4 is 5.32 Å². The molecule has 0 bridgehead atoms. The van der Waals surface area contributed by atoms with E-state index in [1.807, 2.05) is 50.2 Å². The van der Waals surface area contributed by atoms with E-state index in [2.05, 4.69) is 33.3 Å². The van der Waals surface area contributed by atoms with Gasteiger partial charge in [-0.25, -0.2) is 0 Å². The molecular formula is C24H28N4O2. The molecule has 0 unspecified atom stereocenters. The van der Waals surface area contributed by atoms with Crippen molar-refractivity contribution in [1.29, 1.82) is 0 Å². The number of nitrogens with one attached hydrogen (secondary N) is 1. The fourth-order valence-electron chi connectivity index (χ4n) is 3.98. The lowest BCUT2D eigenvalue weighted by atomic mass is 9.95. The summed E-state index contributed by atoms with van der Waals surface area (Å²) in [4.78, 5) is 19.5. The van der Waals surface area contributed by atoms with E-state index >= 15 is 0 Å². The Morgan fingerprint density at radius 3 is 2.37 bits per heavy atom. The van der Waals surface area contributed by atoms with Gasteiger partial charge in [-0.15, -0.1) is 0 Å². The Morgan fingerprint density at radius 2 is 1.70 bits per heavy atom. The molecule has 1 aliphatic rings. The molecule has 6 nitrogen and oxygen atoms in total. The predicted molar refractivity (Wildman–Crippen MR) is 117 cm³/mol. The first-order valence-electron chi connectivity index (χ1n) is 10.5. The standard InChI is InChI=1S/C24H28N4O2/c1-16-4-6-20(7-5-16)24-26-22(27-30-24)15-28-10-8-19(9-11-28)23(29)25-21-13-17(2)12-18(3)14-21/h4-7,12-14,19H,8-11,15H2,1-3H3,(H,25,29). The van der Waals surface area contributed by atoms with Gasteiger partial charge in [-0.3, -0.25) is 9.69 Å². The quantitative estimate of drug-likeness (QED) is 0.677. The first kappa shape index (κ1) is 20.3. The van der Waals surface area contributed by atoms with E-state index in [0.29, 0.717) is 18.3 Å². The van der Waals surface area contributed by atoms with E-state index in [1.54, 1.807) is 0 Å². The molecule has 2 heterocycles. The Bertz CT molecular complexity index is 998. The van der Waals surface area contributed by atoms with Crippen LogP contribution in [0.3, 0.4) is 0 Å².